The first-order chi connectivity index (χ1) is 6.15. The monoisotopic (exact) mass is 184 g/mol. The Morgan fingerprint density at radius 2 is 2.31 bits per heavy atom. The van der Waals surface area contributed by atoms with Crippen molar-refractivity contribution in [2.75, 3.05) is 21.1 Å². The lowest BCUT2D eigenvalue weighted by atomic mass is 10.5. The van der Waals surface area contributed by atoms with Gasteiger partial charge in [-0.3, -0.25) is 4.79 Å². The lowest BCUT2D eigenvalue weighted by Gasteiger charge is -2.04. The van der Waals surface area contributed by atoms with Gasteiger partial charge in [0.05, 0.1) is 6.54 Å². The van der Waals surface area contributed by atoms with Gasteiger partial charge in [0.1, 0.15) is 0 Å². The van der Waals surface area contributed by atoms with Crippen LogP contribution in [0.2, 0.25) is 0 Å². The van der Waals surface area contributed by atoms with Gasteiger partial charge in [0, 0.05) is 14.1 Å². The Balaban J connectivity index is 2.73. The predicted molar refractivity (Wildman–Crippen MR) is 45.1 cm³/mol. The first-order valence-electron chi connectivity index (χ1n) is 3.84. The molecule has 0 aliphatic rings. The molecule has 1 N–H and O–H groups in total. The number of aromatic nitrogens is 2. The third kappa shape index (κ3) is 2.25. The van der Waals surface area contributed by atoms with Gasteiger partial charge in [-0.05, 0) is 7.05 Å². The third-order valence-corrected chi connectivity index (χ3v) is 1.39. The average molecular weight is 184 g/mol. The lowest BCUT2D eigenvalue weighted by molar-refractivity contribution is 0.0812. The van der Waals surface area contributed by atoms with Crippen LogP contribution in [-0.2, 0) is 6.54 Å². The molecule has 0 aromatic carbocycles. The average Bonchev–Trinajstić information content (AvgIpc) is 2.52. The van der Waals surface area contributed by atoms with Crippen molar-refractivity contribution in [3.05, 3.63) is 11.7 Å². The summed E-state index contributed by atoms with van der Waals surface area (Å²) in [5.41, 5.74) is 0. The van der Waals surface area contributed by atoms with E-state index in [2.05, 4.69) is 15.5 Å². The molecule has 0 radical (unpaired) electrons. The highest BCUT2D eigenvalue weighted by Crippen LogP contribution is 1.98. The van der Waals surface area contributed by atoms with Gasteiger partial charge in [-0.15, -0.1) is 0 Å². The zero-order valence-corrected chi connectivity index (χ0v) is 7.87. The van der Waals surface area contributed by atoms with Crippen LogP contribution in [0.1, 0.15) is 16.5 Å². The second-order valence-corrected chi connectivity index (χ2v) is 2.74. The fraction of sp³-hybridized carbons (Fsp3) is 0.571. The minimum Gasteiger partial charge on any atom is -0.342 e. The molecule has 72 valence electrons. The fourth-order valence-electron chi connectivity index (χ4n) is 0.765. The minimum absolute atomic E-state index is 0.0928. The van der Waals surface area contributed by atoms with Crippen LogP contribution in [0.15, 0.2) is 4.52 Å². The number of amides is 1. The summed E-state index contributed by atoms with van der Waals surface area (Å²) in [6, 6.07) is 0. The summed E-state index contributed by atoms with van der Waals surface area (Å²) in [7, 11) is 5.03. The van der Waals surface area contributed by atoms with E-state index in [1.165, 1.54) is 4.90 Å². The first-order valence-corrected chi connectivity index (χ1v) is 3.84. The standard InChI is InChI=1S/C7H12N4O2/c1-8-4-5-9-6(10-13-5)7(12)11(2)3/h8H,4H2,1-3H3. The summed E-state index contributed by atoms with van der Waals surface area (Å²) >= 11 is 0. The fourth-order valence-corrected chi connectivity index (χ4v) is 0.765. The number of nitrogens with one attached hydrogen (secondary N) is 1. The van der Waals surface area contributed by atoms with Gasteiger partial charge < -0.3 is 14.7 Å². The third-order valence-electron chi connectivity index (χ3n) is 1.39. The molecule has 0 spiro atoms. The molecule has 0 unspecified atom stereocenters. The molecule has 13 heavy (non-hydrogen) atoms. The van der Waals surface area contributed by atoms with Crippen LogP contribution in [0, 0.1) is 0 Å². The largest absolute Gasteiger partial charge is 0.342 e. The van der Waals surface area contributed by atoms with E-state index < -0.39 is 0 Å². The minimum atomic E-state index is -0.258. The van der Waals surface area contributed by atoms with Crippen molar-refractivity contribution in [2.45, 2.75) is 6.54 Å². The van der Waals surface area contributed by atoms with Crippen LogP contribution >= 0.6 is 0 Å². The number of carbonyl (C=O) groups is 1. The highest BCUT2D eigenvalue weighted by Gasteiger charge is 2.15. The quantitative estimate of drug-likeness (QED) is 0.685. The van der Waals surface area contributed by atoms with Crippen molar-refractivity contribution < 1.29 is 9.32 Å². The second-order valence-electron chi connectivity index (χ2n) is 2.74. The SMILES string of the molecule is CNCc1nc(C(=O)N(C)C)no1. The van der Waals surface area contributed by atoms with Crippen molar-refractivity contribution in [3.8, 4) is 0 Å². The summed E-state index contributed by atoms with van der Waals surface area (Å²) in [5, 5.41) is 6.38. The zero-order valence-electron chi connectivity index (χ0n) is 7.87. The molecule has 0 bridgehead atoms. The molecule has 1 heterocycles. The zero-order chi connectivity index (χ0) is 9.84. The van der Waals surface area contributed by atoms with Gasteiger partial charge in [0.15, 0.2) is 0 Å². The van der Waals surface area contributed by atoms with Crippen molar-refractivity contribution >= 4 is 5.91 Å². The van der Waals surface area contributed by atoms with Gasteiger partial charge >= 0.3 is 0 Å². The van der Waals surface area contributed by atoms with Crippen LogP contribution in [0.4, 0.5) is 0 Å². The Bertz CT molecular complexity index is 294. The summed E-state index contributed by atoms with van der Waals surface area (Å²) in [6.45, 7) is 0.466. The van der Waals surface area contributed by atoms with E-state index in [0.717, 1.165) is 0 Å². The topological polar surface area (TPSA) is 71.3 Å². The number of nitrogens with zero attached hydrogens (tertiary/aromatic N) is 3. The van der Waals surface area contributed by atoms with Gasteiger partial charge in [-0.25, -0.2) is 0 Å². The Labute approximate surface area is 75.9 Å². The molecule has 1 amide bonds. The Morgan fingerprint density at radius 1 is 1.62 bits per heavy atom. The molecule has 0 aliphatic carbocycles. The molecule has 0 atom stereocenters. The molecule has 0 saturated carbocycles. The molecule has 0 saturated heterocycles. The molecule has 0 fully saturated rings. The van der Waals surface area contributed by atoms with Crippen molar-refractivity contribution in [1.82, 2.24) is 20.4 Å². The van der Waals surface area contributed by atoms with Gasteiger partial charge in [0.25, 0.3) is 11.7 Å². The first kappa shape index (κ1) is 9.66. The van der Waals surface area contributed by atoms with Crippen LogP contribution in [-0.4, -0.2) is 42.1 Å². The Morgan fingerprint density at radius 3 is 2.85 bits per heavy atom. The van der Waals surface area contributed by atoms with E-state index in [9.17, 15) is 4.79 Å². The van der Waals surface area contributed by atoms with Gasteiger partial charge in [-0.1, -0.05) is 5.16 Å². The molecule has 1 rings (SSSR count). The van der Waals surface area contributed by atoms with Crippen molar-refractivity contribution in [2.24, 2.45) is 0 Å². The normalized spacial score (nSPS) is 10.1. The van der Waals surface area contributed by atoms with Gasteiger partial charge in [0.2, 0.25) is 5.89 Å². The molecular formula is C7H12N4O2. The van der Waals surface area contributed by atoms with Crippen LogP contribution in [0.5, 0.6) is 0 Å². The summed E-state index contributed by atoms with van der Waals surface area (Å²) in [4.78, 5) is 16.6. The highest BCUT2D eigenvalue weighted by molar-refractivity contribution is 5.89. The van der Waals surface area contributed by atoms with E-state index in [4.69, 9.17) is 4.52 Å². The molecule has 1 aromatic heterocycles. The lowest BCUT2D eigenvalue weighted by Crippen LogP contribution is -2.22. The highest BCUT2D eigenvalue weighted by atomic mass is 16.5. The Hall–Kier alpha value is -1.43. The van der Waals surface area contributed by atoms with Crippen molar-refractivity contribution in [1.29, 1.82) is 0 Å². The van der Waals surface area contributed by atoms with Gasteiger partial charge in [-0.2, -0.15) is 4.98 Å². The van der Waals surface area contributed by atoms with E-state index in [1.807, 2.05) is 0 Å². The summed E-state index contributed by atoms with van der Waals surface area (Å²) in [6.07, 6.45) is 0. The van der Waals surface area contributed by atoms with E-state index in [1.54, 1.807) is 21.1 Å². The molecule has 1 aromatic rings. The predicted octanol–water partition coefficient (Wildman–Crippen LogP) is -0.509. The smallest absolute Gasteiger partial charge is 0.294 e. The maximum Gasteiger partial charge on any atom is 0.294 e. The number of rotatable bonds is 3. The van der Waals surface area contributed by atoms with Crippen LogP contribution < -0.4 is 5.32 Å². The molecule has 6 heteroatoms. The number of hydrogen-bond acceptors (Lipinski definition) is 5. The maximum atomic E-state index is 11.3. The Kier molecular flexibility index (Phi) is 2.97. The van der Waals surface area contributed by atoms with E-state index in [0.29, 0.717) is 12.4 Å². The molecule has 6 nitrogen and oxygen atoms in total. The number of carbonyl (C=O) groups excluding carboxylic acids is 1. The van der Waals surface area contributed by atoms with Crippen LogP contribution in [0.3, 0.4) is 0 Å². The molecule has 0 aliphatic heterocycles. The second kappa shape index (κ2) is 3.99. The van der Waals surface area contributed by atoms with E-state index in [-0.39, 0.29) is 11.7 Å². The van der Waals surface area contributed by atoms with Crippen molar-refractivity contribution in [3.63, 3.8) is 0 Å². The summed E-state index contributed by atoms with van der Waals surface area (Å²) < 4.78 is 4.81. The maximum absolute atomic E-state index is 11.3. The van der Waals surface area contributed by atoms with E-state index >= 15 is 0 Å². The van der Waals surface area contributed by atoms with Crippen LogP contribution in [0.25, 0.3) is 0 Å². The molecular weight excluding hydrogens is 172 g/mol. The number of hydrogen-bond donors (Lipinski definition) is 1. The summed E-state index contributed by atoms with van der Waals surface area (Å²) in [5.74, 6) is 0.244.